The number of rotatable bonds is 7. The highest BCUT2D eigenvalue weighted by molar-refractivity contribution is 6.08. The molecule has 1 aliphatic rings. The molecule has 1 fully saturated rings. The van der Waals surface area contributed by atoms with E-state index in [1.807, 2.05) is 66.4 Å². The van der Waals surface area contributed by atoms with Crippen molar-refractivity contribution in [2.24, 2.45) is 0 Å². The van der Waals surface area contributed by atoms with Crippen LogP contribution in [-0.4, -0.2) is 49.3 Å². The fourth-order valence-corrected chi connectivity index (χ4v) is 4.03. The summed E-state index contributed by atoms with van der Waals surface area (Å²) < 4.78 is 3.88. The number of nitrogens with two attached hydrogens (primary N) is 1. The number of carbonyl (C=O) groups excluding carboxylic acids is 1. The van der Waals surface area contributed by atoms with Crippen LogP contribution in [0.4, 0.5) is 17.2 Å². The number of hydrogen-bond donors (Lipinski definition) is 2. The molecule has 4 aromatic rings. The van der Waals surface area contributed by atoms with Gasteiger partial charge in [0.15, 0.2) is 5.82 Å². The first kappa shape index (κ1) is 22.6. The lowest BCUT2D eigenvalue weighted by atomic mass is 10.1. The van der Waals surface area contributed by atoms with Gasteiger partial charge in [-0.1, -0.05) is 6.07 Å². The normalized spacial score (nSPS) is 13.3. The first-order valence-corrected chi connectivity index (χ1v) is 11.6. The highest BCUT2D eigenvalue weighted by Crippen LogP contribution is 2.39. The zero-order chi connectivity index (χ0) is 24.7. The average molecular weight is 472 g/mol. The molecule has 1 saturated carbocycles. The highest BCUT2D eigenvalue weighted by atomic mass is 16.1. The van der Waals surface area contributed by atoms with Crippen LogP contribution in [0.25, 0.3) is 17.2 Å². The molecule has 0 bridgehead atoms. The maximum atomic E-state index is 13.3. The van der Waals surface area contributed by atoms with Gasteiger partial charge in [0.2, 0.25) is 0 Å². The number of nitrogens with zero attached hydrogens (tertiary/aromatic N) is 7. The van der Waals surface area contributed by atoms with Gasteiger partial charge in [0, 0.05) is 37.9 Å². The lowest BCUT2D eigenvalue weighted by Crippen LogP contribution is -2.18. The van der Waals surface area contributed by atoms with E-state index in [2.05, 4.69) is 25.5 Å². The molecule has 0 radical (unpaired) electrons. The smallest absolute Gasteiger partial charge is 0.258 e. The number of amides is 1. The largest absolute Gasteiger partial charge is 0.398 e. The van der Waals surface area contributed by atoms with Crippen LogP contribution in [0, 0.1) is 0 Å². The summed E-state index contributed by atoms with van der Waals surface area (Å²) >= 11 is 0. The van der Waals surface area contributed by atoms with Crippen molar-refractivity contribution in [3.8, 4) is 17.2 Å². The van der Waals surface area contributed by atoms with Gasteiger partial charge >= 0.3 is 0 Å². The summed E-state index contributed by atoms with van der Waals surface area (Å²) in [6.45, 7) is 4.09. The third kappa shape index (κ3) is 4.46. The molecule has 10 nitrogen and oxygen atoms in total. The van der Waals surface area contributed by atoms with Crippen molar-refractivity contribution in [1.29, 1.82) is 0 Å². The van der Waals surface area contributed by atoms with Crippen LogP contribution in [0.15, 0.2) is 49.2 Å². The van der Waals surface area contributed by atoms with Gasteiger partial charge in [0.1, 0.15) is 17.8 Å². The monoisotopic (exact) mass is 471 g/mol. The number of hydrogen-bond acceptors (Lipinski definition) is 7. The average Bonchev–Trinajstić information content (AvgIpc) is 3.34. The first-order valence-electron chi connectivity index (χ1n) is 11.6. The van der Waals surface area contributed by atoms with Crippen LogP contribution < -0.4 is 16.0 Å². The Morgan fingerprint density at radius 1 is 1.20 bits per heavy atom. The van der Waals surface area contributed by atoms with E-state index in [0.717, 1.165) is 17.1 Å². The van der Waals surface area contributed by atoms with Gasteiger partial charge in [-0.25, -0.2) is 9.97 Å². The van der Waals surface area contributed by atoms with Gasteiger partial charge in [0.25, 0.3) is 5.91 Å². The molecule has 3 aromatic heterocycles. The van der Waals surface area contributed by atoms with Crippen molar-refractivity contribution in [2.45, 2.75) is 38.6 Å². The number of aromatic nitrogens is 6. The summed E-state index contributed by atoms with van der Waals surface area (Å²) in [4.78, 5) is 24.4. The van der Waals surface area contributed by atoms with E-state index in [0.29, 0.717) is 34.5 Å². The maximum absolute atomic E-state index is 13.3. The van der Waals surface area contributed by atoms with Gasteiger partial charge in [-0.3, -0.25) is 4.79 Å². The minimum absolute atomic E-state index is 0.178. The molecule has 0 atom stereocenters. The summed E-state index contributed by atoms with van der Waals surface area (Å²) in [6, 6.07) is 9.20. The number of nitrogen functional groups attached to an aromatic ring is 1. The van der Waals surface area contributed by atoms with Gasteiger partial charge in [-0.05, 0) is 51.0 Å². The molecule has 0 aliphatic heterocycles. The van der Waals surface area contributed by atoms with Crippen molar-refractivity contribution in [1.82, 2.24) is 29.3 Å². The fraction of sp³-hybridized carbons (Fsp3) is 0.320. The standard InChI is InChI=1S/C25H29N9O/c1-15(2)34-14-28-31-24(34)19-6-5-7-23(29-19)30-25(35)17-10-22(21(32(3)4)11-18(17)26)33-12-20(27-13-33)16-8-9-16/h5-7,10-16H,8-9,26H2,1-4H3,(H,29,30,35). The van der Waals surface area contributed by atoms with E-state index in [-0.39, 0.29) is 11.9 Å². The van der Waals surface area contributed by atoms with Gasteiger partial charge in [0.05, 0.1) is 29.0 Å². The molecule has 0 saturated heterocycles. The zero-order valence-electron chi connectivity index (χ0n) is 20.3. The van der Waals surface area contributed by atoms with E-state index < -0.39 is 0 Å². The molecule has 0 spiro atoms. The summed E-state index contributed by atoms with van der Waals surface area (Å²) in [5.74, 6) is 1.24. The third-order valence-corrected chi connectivity index (χ3v) is 6.10. The second-order valence-corrected chi connectivity index (χ2v) is 9.32. The van der Waals surface area contributed by atoms with Gasteiger partial charge in [-0.2, -0.15) is 0 Å². The molecule has 10 heteroatoms. The van der Waals surface area contributed by atoms with E-state index in [1.54, 1.807) is 24.8 Å². The molecule has 1 aliphatic carbocycles. The van der Waals surface area contributed by atoms with E-state index in [1.165, 1.54) is 12.8 Å². The number of anilines is 3. The molecule has 1 aromatic carbocycles. The van der Waals surface area contributed by atoms with Crippen molar-refractivity contribution >= 4 is 23.1 Å². The Kier molecular flexibility index (Phi) is 5.72. The number of pyridine rings is 1. The summed E-state index contributed by atoms with van der Waals surface area (Å²) in [6.07, 6.45) is 7.85. The Balaban J connectivity index is 1.46. The Morgan fingerprint density at radius 2 is 2.00 bits per heavy atom. The molecule has 180 valence electrons. The number of nitrogens with one attached hydrogen (secondary N) is 1. The van der Waals surface area contributed by atoms with E-state index >= 15 is 0 Å². The lowest BCUT2D eigenvalue weighted by Gasteiger charge is -2.20. The zero-order valence-corrected chi connectivity index (χ0v) is 20.3. The lowest BCUT2D eigenvalue weighted by molar-refractivity contribution is 0.102. The second kappa shape index (κ2) is 8.86. The SMILES string of the molecule is CC(C)n1cnnc1-c1cccc(NC(=O)c2cc(-n3cnc(C4CC4)c3)c(N(C)C)cc2N)n1. The molecule has 35 heavy (non-hydrogen) atoms. The third-order valence-electron chi connectivity index (χ3n) is 6.10. The number of carbonyl (C=O) groups is 1. The maximum Gasteiger partial charge on any atom is 0.258 e. The molecule has 5 rings (SSSR count). The van der Waals surface area contributed by atoms with Crippen molar-refractivity contribution in [3.63, 3.8) is 0 Å². The van der Waals surface area contributed by atoms with E-state index in [9.17, 15) is 4.79 Å². The quantitative estimate of drug-likeness (QED) is 0.392. The van der Waals surface area contributed by atoms with Crippen LogP contribution in [0.3, 0.4) is 0 Å². The predicted octanol–water partition coefficient (Wildman–Crippen LogP) is 3.88. The minimum atomic E-state index is -0.341. The second-order valence-electron chi connectivity index (χ2n) is 9.32. The van der Waals surface area contributed by atoms with Crippen LogP contribution in [-0.2, 0) is 0 Å². The first-order chi connectivity index (χ1) is 16.8. The van der Waals surface area contributed by atoms with Gasteiger partial charge in [-0.15, -0.1) is 10.2 Å². The Labute approximate surface area is 203 Å². The van der Waals surface area contributed by atoms with Crippen LogP contribution in [0.1, 0.15) is 54.7 Å². The molecule has 3 N–H and O–H groups in total. The Morgan fingerprint density at radius 3 is 2.71 bits per heavy atom. The van der Waals surface area contributed by atoms with Crippen LogP contribution >= 0.6 is 0 Å². The topological polar surface area (TPSA) is 120 Å². The molecular formula is C25H29N9O. The molecule has 1 amide bonds. The summed E-state index contributed by atoms with van der Waals surface area (Å²) in [5, 5.41) is 11.1. The molecule has 3 heterocycles. The summed E-state index contributed by atoms with van der Waals surface area (Å²) in [7, 11) is 3.89. The predicted molar refractivity (Wildman–Crippen MR) is 136 cm³/mol. The molecule has 0 unspecified atom stereocenters. The van der Waals surface area contributed by atoms with Crippen LogP contribution in [0.5, 0.6) is 0 Å². The van der Waals surface area contributed by atoms with E-state index in [4.69, 9.17) is 5.73 Å². The van der Waals surface area contributed by atoms with Crippen molar-refractivity contribution < 1.29 is 4.79 Å². The summed E-state index contributed by atoms with van der Waals surface area (Å²) in [5.41, 5.74) is 10.5. The van der Waals surface area contributed by atoms with Gasteiger partial charge < -0.3 is 25.1 Å². The Hall–Kier alpha value is -4.21. The fourth-order valence-electron chi connectivity index (χ4n) is 4.03. The van der Waals surface area contributed by atoms with Crippen molar-refractivity contribution in [3.05, 3.63) is 60.4 Å². The highest BCUT2D eigenvalue weighted by Gasteiger charge is 2.26. The number of benzene rings is 1. The Bertz CT molecular complexity index is 1380. The molecular weight excluding hydrogens is 442 g/mol. The van der Waals surface area contributed by atoms with Crippen molar-refractivity contribution in [2.75, 3.05) is 30.0 Å². The minimum Gasteiger partial charge on any atom is -0.398 e. The number of imidazole rings is 1. The van der Waals surface area contributed by atoms with Crippen LogP contribution in [0.2, 0.25) is 0 Å².